The van der Waals surface area contributed by atoms with Crippen LogP contribution >= 0.6 is 11.5 Å². The predicted octanol–water partition coefficient (Wildman–Crippen LogP) is 3.86. The number of hydrogen-bond donors (Lipinski definition) is 1. The zero-order chi connectivity index (χ0) is 18.3. The lowest BCUT2D eigenvalue weighted by molar-refractivity contribution is 0.373. The molecule has 5 nitrogen and oxygen atoms in total. The number of benzene rings is 1. The van der Waals surface area contributed by atoms with Gasteiger partial charge in [0.05, 0.1) is 29.5 Å². The van der Waals surface area contributed by atoms with Crippen molar-refractivity contribution in [2.24, 2.45) is 5.92 Å². The molecule has 2 aliphatic rings. The van der Waals surface area contributed by atoms with Gasteiger partial charge in [0.2, 0.25) is 0 Å². The van der Waals surface area contributed by atoms with E-state index in [-0.39, 0.29) is 5.92 Å². The number of nitriles is 3. The fourth-order valence-corrected chi connectivity index (χ4v) is 5.16. The largest absolute Gasteiger partial charge is 0.389 e. The Morgan fingerprint density at radius 1 is 1.19 bits per heavy atom. The van der Waals surface area contributed by atoms with Gasteiger partial charge < -0.3 is 5.73 Å². The quantitative estimate of drug-likeness (QED) is 0.833. The standard InChI is InChI=1S/C20H15N5S/c21-9-12-5-1-2-6-13(12)17-15-8-4-3-7-14(15)16-18(25-26-19(16)24)20(17,10-22)11-23/h1-2,5-7,15,17H,3-4,8,24H2/t15-,17-/m0/s1. The van der Waals surface area contributed by atoms with Gasteiger partial charge in [-0.25, -0.2) is 0 Å². The third-order valence-electron chi connectivity index (χ3n) is 5.50. The summed E-state index contributed by atoms with van der Waals surface area (Å²) in [7, 11) is 0. The third kappa shape index (κ3) is 2.02. The van der Waals surface area contributed by atoms with Gasteiger partial charge in [-0.05, 0) is 53.9 Å². The van der Waals surface area contributed by atoms with Crippen LogP contribution in [0.3, 0.4) is 0 Å². The molecule has 0 fully saturated rings. The van der Waals surface area contributed by atoms with Crippen LogP contribution in [0.2, 0.25) is 0 Å². The Labute approximate surface area is 155 Å². The zero-order valence-corrected chi connectivity index (χ0v) is 14.8. The Kier molecular flexibility index (Phi) is 3.76. The maximum Gasteiger partial charge on any atom is 0.194 e. The van der Waals surface area contributed by atoms with E-state index in [9.17, 15) is 15.8 Å². The molecule has 4 rings (SSSR count). The van der Waals surface area contributed by atoms with E-state index in [1.165, 1.54) is 0 Å². The second-order valence-electron chi connectivity index (χ2n) is 6.68. The van der Waals surface area contributed by atoms with Gasteiger partial charge in [0.1, 0.15) is 5.00 Å². The van der Waals surface area contributed by atoms with E-state index in [1.54, 1.807) is 12.1 Å². The number of nitrogens with zero attached hydrogens (tertiary/aromatic N) is 4. The molecule has 6 heteroatoms. The Morgan fingerprint density at radius 2 is 1.96 bits per heavy atom. The highest BCUT2D eigenvalue weighted by Gasteiger charge is 2.55. The first-order valence-corrected chi connectivity index (χ1v) is 9.23. The molecule has 0 saturated carbocycles. The van der Waals surface area contributed by atoms with Gasteiger partial charge in [-0.2, -0.15) is 20.2 Å². The van der Waals surface area contributed by atoms with Crippen LogP contribution in [0.25, 0.3) is 5.57 Å². The highest BCUT2D eigenvalue weighted by molar-refractivity contribution is 7.10. The van der Waals surface area contributed by atoms with Crippen molar-refractivity contribution in [3.63, 3.8) is 0 Å². The van der Waals surface area contributed by atoms with Crippen LogP contribution < -0.4 is 5.73 Å². The average molecular weight is 357 g/mol. The maximum absolute atomic E-state index is 10.1. The van der Waals surface area contributed by atoms with Gasteiger partial charge in [0.25, 0.3) is 0 Å². The molecule has 0 bridgehead atoms. The first-order valence-electron chi connectivity index (χ1n) is 8.45. The number of nitrogens with two attached hydrogens (primary N) is 1. The van der Waals surface area contributed by atoms with Crippen LogP contribution in [0.5, 0.6) is 0 Å². The third-order valence-corrected chi connectivity index (χ3v) is 6.18. The smallest absolute Gasteiger partial charge is 0.194 e. The van der Waals surface area contributed by atoms with Crippen molar-refractivity contribution in [1.29, 1.82) is 15.8 Å². The normalized spacial score (nSPS) is 22.7. The second kappa shape index (κ2) is 5.99. The highest BCUT2D eigenvalue weighted by atomic mass is 32.1. The van der Waals surface area contributed by atoms with Crippen LogP contribution in [0.4, 0.5) is 5.00 Å². The summed E-state index contributed by atoms with van der Waals surface area (Å²) >= 11 is 1.14. The SMILES string of the molecule is N#Cc1ccccc1[C@H]1[C@H]2CCCC=C2c2c(nsc2N)C1(C#N)C#N. The topological polar surface area (TPSA) is 110 Å². The predicted molar refractivity (Wildman–Crippen MR) is 98.6 cm³/mol. The van der Waals surface area contributed by atoms with Crippen LogP contribution in [-0.2, 0) is 5.41 Å². The summed E-state index contributed by atoms with van der Waals surface area (Å²) in [5.74, 6) is -0.461. The lowest BCUT2D eigenvalue weighted by atomic mass is 9.56. The monoisotopic (exact) mass is 357 g/mol. The minimum absolute atomic E-state index is 0.0243. The first kappa shape index (κ1) is 16.3. The summed E-state index contributed by atoms with van der Waals surface area (Å²) in [5.41, 5.74) is 8.28. The molecule has 0 radical (unpaired) electrons. The van der Waals surface area contributed by atoms with Crippen molar-refractivity contribution in [1.82, 2.24) is 4.37 Å². The van der Waals surface area contributed by atoms with Crippen LogP contribution in [0, 0.1) is 39.9 Å². The van der Waals surface area contributed by atoms with Crippen molar-refractivity contribution >= 4 is 22.1 Å². The molecule has 1 aromatic heterocycles. The maximum atomic E-state index is 10.1. The minimum atomic E-state index is -1.45. The molecule has 2 aliphatic carbocycles. The molecular weight excluding hydrogens is 342 g/mol. The van der Waals surface area contributed by atoms with E-state index in [0.29, 0.717) is 16.3 Å². The van der Waals surface area contributed by atoms with E-state index in [2.05, 4.69) is 28.7 Å². The average Bonchev–Trinajstić information content (AvgIpc) is 3.09. The molecule has 2 aromatic rings. The van der Waals surface area contributed by atoms with Gasteiger partial charge in [-0.3, -0.25) is 0 Å². The molecule has 2 atom stereocenters. The van der Waals surface area contributed by atoms with Crippen molar-refractivity contribution < 1.29 is 0 Å². The van der Waals surface area contributed by atoms with Gasteiger partial charge in [-0.15, -0.1) is 0 Å². The van der Waals surface area contributed by atoms with Gasteiger partial charge in [0.15, 0.2) is 5.41 Å². The summed E-state index contributed by atoms with van der Waals surface area (Å²) in [6, 6.07) is 14.0. The van der Waals surface area contributed by atoms with Gasteiger partial charge >= 0.3 is 0 Å². The number of allylic oxidation sites excluding steroid dienone is 2. The number of hydrogen-bond acceptors (Lipinski definition) is 6. The molecule has 0 aliphatic heterocycles. The van der Waals surface area contributed by atoms with E-state index in [1.807, 2.05) is 12.1 Å². The Balaban J connectivity index is 2.09. The molecule has 126 valence electrons. The molecule has 0 spiro atoms. The summed E-state index contributed by atoms with van der Waals surface area (Å²) in [6.45, 7) is 0. The number of nitrogen functional groups attached to an aromatic ring is 1. The summed E-state index contributed by atoms with van der Waals surface area (Å²) in [6.07, 6.45) is 4.95. The lowest BCUT2D eigenvalue weighted by Crippen LogP contribution is -2.41. The van der Waals surface area contributed by atoms with Crippen molar-refractivity contribution in [3.05, 3.63) is 52.7 Å². The first-order chi connectivity index (χ1) is 12.7. The summed E-state index contributed by atoms with van der Waals surface area (Å²) in [4.78, 5) is 0. The number of aromatic nitrogens is 1. The molecule has 1 heterocycles. The lowest BCUT2D eigenvalue weighted by Gasteiger charge is -2.43. The van der Waals surface area contributed by atoms with Gasteiger partial charge in [0, 0.05) is 11.5 Å². The number of fused-ring (bicyclic) bond motifs is 3. The van der Waals surface area contributed by atoms with E-state index in [0.717, 1.165) is 47.5 Å². The van der Waals surface area contributed by atoms with Crippen LogP contribution in [0.15, 0.2) is 30.3 Å². The summed E-state index contributed by atoms with van der Waals surface area (Å²) in [5, 5.41) is 30.4. The van der Waals surface area contributed by atoms with Gasteiger partial charge in [-0.1, -0.05) is 24.3 Å². The van der Waals surface area contributed by atoms with E-state index < -0.39 is 11.3 Å². The summed E-state index contributed by atoms with van der Waals surface area (Å²) < 4.78 is 4.42. The fourth-order valence-electron chi connectivity index (χ4n) is 4.43. The Morgan fingerprint density at radius 3 is 2.69 bits per heavy atom. The highest BCUT2D eigenvalue weighted by Crippen LogP contribution is 2.58. The fraction of sp³-hybridized carbons (Fsp3) is 0.300. The van der Waals surface area contributed by atoms with Crippen molar-refractivity contribution in [3.8, 4) is 18.2 Å². The molecule has 0 saturated heterocycles. The number of rotatable bonds is 1. The van der Waals surface area contributed by atoms with E-state index >= 15 is 0 Å². The molecule has 2 N–H and O–H groups in total. The molecule has 0 unspecified atom stereocenters. The minimum Gasteiger partial charge on any atom is -0.389 e. The molecule has 0 amide bonds. The van der Waals surface area contributed by atoms with Crippen molar-refractivity contribution in [2.45, 2.75) is 30.6 Å². The van der Waals surface area contributed by atoms with Crippen LogP contribution in [-0.4, -0.2) is 4.37 Å². The molecular formula is C20H15N5S. The van der Waals surface area contributed by atoms with Crippen molar-refractivity contribution in [2.75, 3.05) is 5.73 Å². The van der Waals surface area contributed by atoms with Crippen LogP contribution in [0.1, 0.15) is 47.6 Å². The molecule has 1 aromatic carbocycles. The number of anilines is 1. The second-order valence-corrected chi connectivity index (χ2v) is 7.48. The zero-order valence-electron chi connectivity index (χ0n) is 13.9. The van der Waals surface area contributed by atoms with E-state index in [4.69, 9.17) is 5.73 Å². The molecule has 26 heavy (non-hydrogen) atoms. The Hall–Kier alpha value is -3.14. The Bertz CT molecular complexity index is 1030.